The number of hydrazine groups is 1. The Balaban J connectivity index is 0.000000677. The Morgan fingerprint density at radius 3 is 2.43 bits per heavy atom. The van der Waals surface area contributed by atoms with Crippen molar-refractivity contribution in [1.82, 2.24) is 16.2 Å². The van der Waals surface area contributed by atoms with Gasteiger partial charge in [0, 0.05) is 12.5 Å². The number of halogens is 3. The summed E-state index contributed by atoms with van der Waals surface area (Å²) in [5, 5.41) is 3.22. The number of carbonyl (C=O) groups is 1. The van der Waals surface area contributed by atoms with E-state index in [0.29, 0.717) is 6.54 Å². The fourth-order valence-corrected chi connectivity index (χ4v) is 2.02. The highest BCUT2D eigenvalue weighted by molar-refractivity contribution is 6.24. The summed E-state index contributed by atoms with van der Waals surface area (Å²) in [5.74, 6) is -0.122. The number of nitrogens with one attached hydrogen (secondary N) is 3. The molecule has 0 aliphatic carbocycles. The van der Waals surface area contributed by atoms with Crippen molar-refractivity contribution in [3.8, 4) is 0 Å². The number of hydrogen-bond acceptors (Lipinski definition) is 4. The van der Waals surface area contributed by atoms with E-state index in [4.69, 9.17) is 0 Å². The fourth-order valence-electron chi connectivity index (χ4n) is 2.02. The molecule has 5 nitrogen and oxygen atoms in total. The molecular weight excluding hydrogens is 320 g/mol. The van der Waals surface area contributed by atoms with E-state index >= 15 is 0 Å². The zero-order valence-electron chi connectivity index (χ0n) is 11.4. The first-order chi connectivity index (χ1) is 10.2. The van der Waals surface area contributed by atoms with Crippen LogP contribution in [0.1, 0.15) is 18.4 Å². The zero-order chi connectivity index (χ0) is 15.5. The molecule has 8 heteroatoms. The molecule has 0 unspecified atom stereocenters. The molecule has 0 bridgehead atoms. The number of benzene rings is 1. The van der Waals surface area contributed by atoms with Crippen LogP contribution in [0.5, 0.6) is 0 Å². The average molecular weight is 338 g/mol. The van der Waals surface area contributed by atoms with E-state index in [1.165, 1.54) is 12.1 Å². The van der Waals surface area contributed by atoms with Crippen LogP contribution in [0.3, 0.4) is 0 Å². The van der Waals surface area contributed by atoms with Gasteiger partial charge in [0.25, 0.3) is 0 Å². The molecule has 1 fully saturated rings. The second-order valence-corrected chi connectivity index (χ2v) is 5.02. The third kappa shape index (κ3) is 7.59. The van der Waals surface area contributed by atoms with Gasteiger partial charge in [-0.2, -0.15) is 3.84 Å². The lowest BCUT2D eigenvalue weighted by Crippen LogP contribution is -2.44. The standard InChI is InChI=1S/C13H18FN3O.Cl2O/c14-12-3-1-10(2-4-12)9-16-17-13(18)11-5-7-15-8-6-11;1-3-2/h1-4,11,15-16H,5-9H2,(H,17,18);. The number of rotatable bonds is 4. The molecule has 1 saturated heterocycles. The Kier molecular flexibility index (Phi) is 9.29. The molecule has 1 heterocycles. The van der Waals surface area contributed by atoms with Crippen LogP contribution in [-0.2, 0) is 15.2 Å². The first-order valence-corrected chi connectivity index (χ1v) is 7.16. The van der Waals surface area contributed by atoms with Gasteiger partial charge in [-0.3, -0.25) is 10.2 Å². The van der Waals surface area contributed by atoms with E-state index in [2.05, 4.69) is 43.7 Å². The van der Waals surface area contributed by atoms with Crippen molar-refractivity contribution in [1.29, 1.82) is 0 Å². The SMILES string of the molecule is ClOCl.O=C(NNCc1ccc(F)cc1)C1CCNCC1. The second-order valence-electron chi connectivity index (χ2n) is 4.55. The molecule has 1 aliphatic rings. The normalized spacial score (nSPS) is 15.0. The van der Waals surface area contributed by atoms with Gasteiger partial charge in [0.2, 0.25) is 5.91 Å². The molecule has 118 valence electrons. The van der Waals surface area contributed by atoms with E-state index < -0.39 is 0 Å². The zero-order valence-corrected chi connectivity index (χ0v) is 12.9. The molecule has 1 amide bonds. The molecule has 3 N–H and O–H groups in total. The Morgan fingerprint density at radius 1 is 1.29 bits per heavy atom. The first-order valence-electron chi connectivity index (χ1n) is 6.54. The van der Waals surface area contributed by atoms with Crippen LogP contribution in [0.25, 0.3) is 0 Å². The summed E-state index contributed by atoms with van der Waals surface area (Å²) in [5.41, 5.74) is 6.51. The quantitative estimate of drug-likeness (QED) is 0.737. The summed E-state index contributed by atoms with van der Waals surface area (Å²) in [4.78, 5) is 11.8. The van der Waals surface area contributed by atoms with Gasteiger partial charge in [0.15, 0.2) is 0 Å². The van der Waals surface area contributed by atoms with Crippen LogP contribution in [0, 0.1) is 11.7 Å². The molecule has 0 aromatic heterocycles. The van der Waals surface area contributed by atoms with E-state index in [0.717, 1.165) is 31.5 Å². The van der Waals surface area contributed by atoms with Crippen LogP contribution in [0.4, 0.5) is 4.39 Å². The van der Waals surface area contributed by atoms with Crippen molar-refractivity contribution in [2.45, 2.75) is 19.4 Å². The molecule has 0 saturated carbocycles. The predicted molar refractivity (Wildman–Crippen MR) is 79.8 cm³/mol. The molecular formula is C13H18Cl2FN3O2. The summed E-state index contributed by atoms with van der Waals surface area (Å²) in [7, 11) is 0. The second kappa shape index (κ2) is 10.8. The monoisotopic (exact) mass is 337 g/mol. The highest BCUT2D eigenvalue weighted by atomic mass is 35.6. The summed E-state index contributed by atoms with van der Waals surface area (Å²) >= 11 is 8.53. The maximum Gasteiger partial charge on any atom is 0.237 e. The number of amides is 1. The Morgan fingerprint density at radius 2 is 1.86 bits per heavy atom. The Labute approximate surface area is 133 Å². The van der Waals surface area contributed by atoms with Gasteiger partial charge in [-0.25, -0.2) is 9.82 Å². The summed E-state index contributed by atoms with van der Waals surface area (Å²) in [6.45, 7) is 2.29. The summed E-state index contributed by atoms with van der Waals surface area (Å²) in [6, 6.07) is 6.20. The minimum Gasteiger partial charge on any atom is -0.317 e. The molecule has 0 spiro atoms. The van der Waals surface area contributed by atoms with Gasteiger partial charge < -0.3 is 5.32 Å². The average Bonchev–Trinajstić information content (AvgIpc) is 2.51. The minimum atomic E-state index is -0.252. The highest BCUT2D eigenvalue weighted by Gasteiger charge is 2.20. The maximum atomic E-state index is 12.7. The van der Waals surface area contributed by atoms with Gasteiger partial charge in [0.05, 0.1) is 23.7 Å². The minimum absolute atomic E-state index is 0.0404. The predicted octanol–water partition coefficient (Wildman–Crippen LogP) is 2.26. The molecule has 1 aliphatic heterocycles. The molecule has 0 radical (unpaired) electrons. The lowest BCUT2D eigenvalue weighted by Gasteiger charge is -2.21. The summed E-state index contributed by atoms with van der Waals surface area (Å²) in [6.07, 6.45) is 1.76. The maximum absolute atomic E-state index is 12.7. The van der Waals surface area contributed by atoms with Gasteiger partial charge in [-0.05, 0) is 43.6 Å². The van der Waals surface area contributed by atoms with Crippen LogP contribution in [0.15, 0.2) is 24.3 Å². The van der Waals surface area contributed by atoms with Crippen molar-refractivity contribution in [3.63, 3.8) is 0 Å². The van der Waals surface area contributed by atoms with Gasteiger partial charge in [0.1, 0.15) is 5.82 Å². The lowest BCUT2D eigenvalue weighted by molar-refractivity contribution is -0.126. The van der Waals surface area contributed by atoms with E-state index in [1.54, 1.807) is 12.1 Å². The third-order valence-electron chi connectivity index (χ3n) is 3.13. The van der Waals surface area contributed by atoms with Crippen molar-refractivity contribution < 1.29 is 13.0 Å². The van der Waals surface area contributed by atoms with Gasteiger partial charge in [-0.15, -0.1) is 0 Å². The van der Waals surface area contributed by atoms with Crippen molar-refractivity contribution >= 4 is 29.6 Å². The lowest BCUT2D eigenvalue weighted by atomic mass is 9.98. The molecule has 1 aromatic rings. The summed E-state index contributed by atoms with van der Waals surface area (Å²) < 4.78 is 15.9. The number of carbonyl (C=O) groups excluding carboxylic acids is 1. The van der Waals surface area contributed by atoms with Crippen LogP contribution >= 0.6 is 23.7 Å². The van der Waals surface area contributed by atoms with E-state index in [9.17, 15) is 9.18 Å². The number of hydrogen-bond donors (Lipinski definition) is 3. The topological polar surface area (TPSA) is 62.4 Å². The molecule has 0 atom stereocenters. The van der Waals surface area contributed by atoms with E-state index in [1.807, 2.05) is 0 Å². The van der Waals surface area contributed by atoms with Crippen molar-refractivity contribution in [2.24, 2.45) is 5.92 Å². The Bertz CT molecular complexity index is 414. The number of piperidine rings is 1. The largest absolute Gasteiger partial charge is 0.317 e. The van der Waals surface area contributed by atoms with Crippen LogP contribution < -0.4 is 16.2 Å². The van der Waals surface area contributed by atoms with Crippen LogP contribution in [0.2, 0.25) is 0 Å². The molecule has 2 rings (SSSR count). The highest BCUT2D eigenvalue weighted by Crippen LogP contribution is 2.10. The van der Waals surface area contributed by atoms with Gasteiger partial charge in [-0.1, -0.05) is 12.1 Å². The smallest absolute Gasteiger partial charge is 0.237 e. The Hall–Kier alpha value is -0.920. The van der Waals surface area contributed by atoms with E-state index in [-0.39, 0.29) is 17.6 Å². The first kappa shape index (κ1) is 18.1. The van der Waals surface area contributed by atoms with Crippen LogP contribution in [-0.4, -0.2) is 19.0 Å². The molecule has 21 heavy (non-hydrogen) atoms. The fraction of sp³-hybridized carbons (Fsp3) is 0.462. The van der Waals surface area contributed by atoms with Gasteiger partial charge >= 0.3 is 0 Å². The van der Waals surface area contributed by atoms with Crippen molar-refractivity contribution in [2.75, 3.05) is 13.1 Å². The molecule has 1 aromatic carbocycles. The van der Waals surface area contributed by atoms with Crippen molar-refractivity contribution in [3.05, 3.63) is 35.6 Å². The third-order valence-corrected chi connectivity index (χ3v) is 3.13.